The summed E-state index contributed by atoms with van der Waals surface area (Å²) in [4.78, 5) is 8.00. The van der Waals surface area contributed by atoms with Crippen LogP contribution in [0.1, 0.15) is 18.1 Å². The third-order valence-corrected chi connectivity index (χ3v) is 2.97. The van der Waals surface area contributed by atoms with Gasteiger partial charge < -0.3 is 4.74 Å². The van der Waals surface area contributed by atoms with Gasteiger partial charge in [0.25, 0.3) is 0 Å². The molecule has 1 aromatic heterocycles. The minimum atomic E-state index is 0.540. The van der Waals surface area contributed by atoms with Gasteiger partial charge in [0.15, 0.2) is 0 Å². The van der Waals surface area contributed by atoms with Crippen LogP contribution in [0.15, 0.2) is 35.2 Å². The average Bonchev–Trinajstić information content (AvgIpc) is 2.32. The molecular weight excluding hydrogens is 280 g/mol. The van der Waals surface area contributed by atoms with E-state index >= 15 is 0 Å². The summed E-state index contributed by atoms with van der Waals surface area (Å²) < 4.78 is 6.39. The van der Waals surface area contributed by atoms with E-state index in [0.29, 0.717) is 10.5 Å². The second-order valence-corrected chi connectivity index (χ2v) is 4.54. The monoisotopic (exact) mass is 292 g/mol. The topological polar surface area (TPSA) is 35.0 Å². The summed E-state index contributed by atoms with van der Waals surface area (Å²) in [6.45, 7) is 4.23. The van der Waals surface area contributed by atoms with Gasteiger partial charge in [0.05, 0.1) is 0 Å². The summed E-state index contributed by atoms with van der Waals surface area (Å²) in [6, 6.07) is 7.80. The van der Waals surface area contributed by atoms with Crippen LogP contribution in [0.5, 0.6) is 11.6 Å². The lowest BCUT2D eigenvalue weighted by molar-refractivity contribution is 0.460. The number of aryl methyl sites for hydroxylation is 2. The number of halogens is 1. The van der Waals surface area contributed by atoms with E-state index in [2.05, 4.69) is 45.8 Å². The van der Waals surface area contributed by atoms with Crippen LogP contribution >= 0.6 is 15.9 Å². The smallest absolute Gasteiger partial charge is 0.223 e. The van der Waals surface area contributed by atoms with Crippen LogP contribution in [-0.2, 0) is 6.42 Å². The van der Waals surface area contributed by atoms with E-state index < -0.39 is 0 Å². The quantitative estimate of drug-likeness (QED) is 0.805. The maximum atomic E-state index is 5.68. The fourth-order valence-electron chi connectivity index (χ4n) is 1.59. The Labute approximate surface area is 109 Å². The maximum absolute atomic E-state index is 5.68. The first-order chi connectivity index (χ1) is 8.19. The van der Waals surface area contributed by atoms with Gasteiger partial charge >= 0.3 is 0 Å². The van der Waals surface area contributed by atoms with Crippen LogP contribution in [0, 0.1) is 6.92 Å². The molecule has 3 nitrogen and oxygen atoms in total. The van der Waals surface area contributed by atoms with Crippen LogP contribution in [0.3, 0.4) is 0 Å². The molecule has 17 heavy (non-hydrogen) atoms. The van der Waals surface area contributed by atoms with E-state index in [9.17, 15) is 0 Å². The Hall–Kier alpha value is -1.42. The van der Waals surface area contributed by atoms with Crippen LogP contribution in [0.4, 0.5) is 0 Å². The first-order valence-corrected chi connectivity index (χ1v) is 6.23. The van der Waals surface area contributed by atoms with E-state index in [4.69, 9.17) is 4.74 Å². The molecule has 88 valence electrons. The summed E-state index contributed by atoms with van der Waals surface area (Å²) in [5.41, 5.74) is 2.57. The summed E-state index contributed by atoms with van der Waals surface area (Å²) in [6.07, 6.45) is 2.46. The molecule has 0 aliphatic carbocycles. The Kier molecular flexibility index (Phi) is 3.74. The zero-order valence-corrected chi connectivity index (χ0v) is 11.4. The maximum Gasteiger partial charge on any atom is 0.223 e. The highest BCUT2D eigenvalue weighted by Crippen LogP contribution is 2.23. The number of hydrogen-bond acceptors (Lipinski definition) is 3. The molecular formula is C13H13BrN2O. The minimum Gasteiger partial charge on any atom is -0.439 e. The van der Waals surface area contributed by atoms with Crippen LogP contribution in [0.25, 0.3) is 0 Å². The van der Waals surface area contributed by atoms with Gasteiger partial charge in [0.1, 0.15) is 16.7 Å². The molecule has 1 aromatic carbocycles. The van der Waals surface area contributed by atoms with Crippen LogP contribution < -0.4 is 4.74 Å². The summed E-state index contributed by atoms with van der Waals surface area (Å²) in [7, 11) is 0. The van der Waals surface area contributed by atoms with Crippen molar-refractivity contribution in [2.75, 3.05) is 0 Å². The van der Waals surface area contributed by atoms with Crippen molar-refractivity contribution < 1.29 is 4.74 Å². The lowest BCUT2D eigenvalue weighted by Crippen LogP contribution is -1.92. The predicted octanol–water partition coefficient (Wildman–Crippen LogP) is 3.90. The van der Waals surface area contributed by atoms with Gasteiger partial charge in [-0.15, -0.1) is 0 Å². The van der Waals surface area contributed by atoms with E-state index in [-0.39, 0.29) is 0 Å². The molecule has 0 bridgehead atoms. The van der Waals surface area contributed by atoms with Crippen molar-refractivity contribution >= 4 is 15.9 Å². The third kappa shape index (κ3) is 3.03. The Morgan fingerprint density at radius 1 is 1.24 bits per heavy atom. The molecule has 0 amide bonds. The average molecular weight is 293 g/mol. The summed E-state index contributed by atoms with van der Waals surface area (Å²) >= 11 is 3.28. The number of benzene rings is 1. The molecule has 2 aromatic rings. The molecule has 0 saturated carbocycles. The number of rotatable bonds is 3. The van der Waals surface area contributed by atoms with Gasteiger partial charge in [0.2, 0.25) is 5.88 Å². The van der Waals surface area contributed by atoms with Gasteiger partial charge in [-0.2, -0.15) is 0 Å². The Bertz CT molecular complexity index is 529. The van der Waals surface area contributed by atoms with Gasteiger partial charge in [-0.3, -0.25) is 0 Å². The fraction of sp³-hybridized carbons (Fsp3) is 0.231. The number of hydrogen-bond donors (Lipinski definition) is 0. The molecule has 0 radical (unpaired) electrons. The van der Waals surface area contributed by atoms with Gasteiger partial charge in [-0.1, -0.05) is 13.0 Å². The first kappa shape index (κ1) is 12.0. The molecule has 4 heteroatoms. The second-order valence-electron chi connectivity index (χ2n) is 3.72. The van der Waals surface area contributed by atoms with Gasteiger partial charge in [-0.25, -0.2) is 9.97 Å². The molecule has 0 N–H and O–H groups in total. The van der Waals surface area contributed by atoms with Crippen molar-refractivity contribution in [1.29, 1.82) is 0 Å². The van der Waals surface area contributed by atoms with Crippen LogP contribution in [0.2, 0.25) is 0 Å². The highest BCUT2D eigenvalue weighted by Gasteiger charge is 2.02. The molecule has 2 rings (SSSR count). The Morgan fingerprint density at radius 3 is 2.76 bits per heavy atom. The van der Waals surface area contributed by atoms with E-state index in [1.165, 1.54) is 17.5 Å². The second kappa shape index (κ2) is 5.27. The van der Waals surface area contributed by atoms with E-state index in [1.54, 1.807) is 6.07 Å². The molecule has 0 unspecified atom stereocenters. The third-order valence-electron chi connectivity index (χ3n) is 2.53. The SMILES string of the molecule is CCc1cc(Oc2cc(Br)ncn2)ccc1C. The van der Waals surface area contributed by atoms with Crippen molar-refractivity contribution in [3.05, 3.63) is 46.3 Å². The molecule has 0 aliphatic rings. The molecule has 0 spiro atoms. The first-order valence-electron chi connectivity index (χ1n) is 5.44. The largest absolute Gasteiger partial charge is 0.439 e. The number of ether oxygens (including phenoxy) is 1. The molecule has 0 fully saturated rings. The molecule has 1 heterocycles. The van der Waals surface area contributed by atoms with Crippen molar-refractivity contribution in [3.8, 4) is 11.6 Å². The zero-order valence-electron chi connectivity index (χ0n) is 9.77. The highest BCUT2D eigenvalue weighted by atomic mass is 79.9. The van der Waals surface area contributed by atoms with Crippen molar-refractivity contribution in [1.82, 2.24) is 9.97 Å². The van der Waals surface area contributed by atoms with Crippen LogP contribution in [-0.4, -0.2) is 9.97 Å². The van der Waals surface area contributed by atoms with Gasteiger partial charge in [0, 0.05) is 6.07 Å². The number of aromatic nitrogens is 2. The van der Waals surface area contributed by atoms with E-state index in [1.807, 2.05) is 12.1 Å². The lowest BCUT2D eigenvalue weighted by atomic mass is 10.1. The fourth-order valence-corrected chi connectivity index (χ4v) is 1.87. The van der Waals surface area contributed by atoms with Gasteiger partial charge in [-0.05, 0) is 52.5 Å². The highest BCUT2D eigenvalue weighted by molar-refractivity contribution is 9.10. The zero-order chi connectivity index (χ0) is 12.3. The lowest BCUT2D eigenvalue weighted by Gasteiger charge is -2.08. The number of nitrogens with zero attached hydrogens (tertiary/aromatic N) is 2. The Balaban J connectivity index is 2.24. The van der Waals surface area contributed by atoms with Crippen molar-refractivity contribution in [3.63, 3.8) is 0 Å². The minimum absolute atomic E-state index is 0.540. The normalized spacial score (nSPS) is 10.3. The summed E-state index contributed by atoms with van der Waals surface area (Å²) in [5, 5.41) is 0. The standard InChI is InChI=1S/C13H13BrN2O/c1-3-10-6-11(5-4-9(10)2)17-13-7-12(14)15-8-16-13/h4-8H,3H2,1-2H3. The molecule has 0 atom stereocenters. The predicted molar refractivity (Wildman–Crippen MR) is 70.4 cm³/mol. The van der Waals surface area contributed by atoms with Crippen molar-refractivity contribution in [2.45, 2.75) is 20.3 Å². The van der Waals surface area contributed by atoms with E-state index in [0.717, 1.165) is 12.2 Å². The van der Waals surface area contributed by atoms with Crippen molar-refractivity contribution in [2.24, 2.45) is 0 Å². The molecule has 0 aliphatic heterocycles. The summed E-state index contributed by atoms with van der Waals surface area (Å²) in [5.74, 6) is 1.34. The Morgan fingerprint density at radius 2 is 2.06 bits per heavy atom. The molecule has 0 saturated heterocycles.